The van der Waals surface area contributed by atoms with Crippen molar-refractivity contribution >= 4 is 0 Å². The highest BCUT2D eigenvalue weighted by Gasteiger charge is 2.04. The predicted octanol–water partition coefficient (Wildman–Crippen LogP) is 2.36. The zero-order chi connectivity index (χ0) is 10.4. The van der Waals surface area contributed by atoms with Gasteiger partial charge in [0.25, 0.3) is 0 Å². The van der Waals surface area contributed by atoms with Gasteiger partial charge < -0.3 is 14.5 Å². The van der Waals surface area contributed by atoms with Crippen molar-refractivity contribution in [1.82, 2.24) is 5.32 Å². The fourth-order valence-corrected chi connectivity index (χ4v) is 1.21. The van der Waals surface area contributed by atoms with E-state index in [4.69, 9.17) is 9.15 Å². The summed E-state index contributed by atoms with van der Waals surface area (Å²) in [7, 11) is 0. The maximum absolute atomic E-state index is 5.42. The standard InChI is InChI=1S/C11H19NO2/c1-9(2)14-7-5-12-10(3)11-4-6-13-8-11/h4,6,8-10,12H,5,7H2,1-3H3. The average Bonchev–Trinajstić information content (AvgIpc) is 2.64. The fraction of sp³-hybridized carbons (Fsp3) is 0.636. The summed E-state index contributed by atoms with van der Waals surface area (Å²) in [5.74, 6) is 0. The van der Waals surface area contributed by atoms with E-state index in [2.05, 4.69) is 12.2 Å². The van der Waals surface area contributed by atoms with Gasteiger partial charge in [0.2, 0.25) is 0 Å². The number of nitrogens with one attached hydrogen (secondary N) is 1. The Kier molecular flexibility index (Phi) is 4.70. The van der Waals surface area contributed by atoms with Gasteiger partial charge in [0.15, 0.2) is 0 Å². The first kappa shape index (κ1) is 11.3. The molecule has 1 aromatic heterocycles. The Morgan fingerprint density at radius 3 is 2.79 bits per heavy atom. The highest BCUT2D eigenvalue weighted by molar-refractivity contribution is 5.09. The highest BCUT2D eigenvalue weighted by Crippen LogP contribution is 2.11. The molecule has 0 radical (unpaired) electrons. The lowest BCUT2D eigenvalue weighted by molar-refractivity contribution is 0.0796. The number of ether oxygens (including phenoxy) is 1. The molecular weight excluding hydrogens is 178 g/mol. The molecule has 1 N–H and O–H groups in total. The molecule has 1 atom stereocenters. The third kappa shape index (κ3) is 3.94. The largest absolute Gasteiger partial charge is 0.472 e. The normalized spacial score (nSPS) is 13.4. The van der Waals surface area contributed by atoms with Crippen LogP contribution in [0.2, 0.25) is 0 Å². The lowest BCUT2D eigenvalue weighted by atomic mass is 10.2. The third-order valence-electron chi connectivity index (χ3n) is 2.05. The van der Waals surface area contributed by atoms with Crippen LogP contribution < -0.4 is 5.32 Å². The van der Waals surface area contributed by atoms with Crippen molar-refractivity contribution in [1.29, 1.82) is 0 Å². The van der Waals surface area contributed by atoms with Crippen LogP contribution >= 0.6 is 0 Å². The number of furan rings is 1. The average molecular weight is 197 g/mol. The summed E-state index contributed by atoms with van der Waals surface area (Å²) in [6, 6.07) is 2.30. The second-order valence-electron chi connectivity index (χ2n) is 3.65. The van der Waals surface area contributed by atoms with Crippen molar-refractivity contribution < 1.29 is 9.15 Å². The van der Waals surface area contributed by atoms with E-state index < -0.39 is 0 Å². The smallest absolute Gasteiger partial charge is 0.0950 e. The van der Waals surface area contributed by atoms with Crippen LogP contribution in [0.4, 0.5) is 0 Å². The minimum Gasteiger partial charge on any atom is -0.472 e. The molecule has 0 aliphatic carbocycles. The molecule has 14 heavy (non-hydrogen) atoms. The van der Waals surface area contributed by atoms with Crippen molar-refractivity contribution in [2.24, 2.45) is 0 Å². The molecular formula is C11H19NO2. The molecule has 0 bridgehead atoms. The summed E-state index contributed by atoms with van der Waals surface area (Å²) in [6.45, 7) is 7.81. The summed E-state index contributed by atoms with van der Waals surface area (Å²) < 4.78 is 10.4. The second-order valence-corrected chi connectivity index (χ2v) is 3.65. The summed E-state index contributed by atoms with van der Waals surface area (Å²) in [6.07, 6.45) is 3.76. The van der Waals surface area contributed by atoms with Gasteiger partial charge in [-0.05, 0) is 26.8 Å². The third-order valence-corrected chi connectivity index (χ3v) is 2.05. The molecule has 1 aromatic rings. The maximum atomic E-state index is 5.42. The summed E-state index contributed by atoms with van der Waals surface area (Å²) in [5, 5.41) is 3.36. The van der Waals surface area contributed by atoms with Gasteiger partial charge in [0, 0.05) is 18.2 Å². The van der Waals surface area contributed by atoms with Gasteiger partial charge in [-0.25, -0.2) is 0 Å². The Morgan fingerprint density at radius 1 is 1.43 bits per heavy atom. The van der Waals surface area contributed by atoms with Gasteiger partial charge in [-0.1, -0.05) is 0 Å². The first-order valence-electron chi connectivity index (χ1n) is 5.07. The molecule has 0 aromatic carbocycles. The zero-order valence-corrected chi connectivity index (χ0v) is 9.12. The molecule has 0 aliphatic heterocycles. The minimum atomic E-state index is 0.307. The number of rotatable bonds is 6. The van der Waals surface area contributed by atoms with Crippen molar-refractivity contribution in [3.8, 4) is 0 Å². The SMILES string of the molecule is CC(C)OCCNC(C)c1ccoc1. The molecule has 0 spiro atoms. The van der Waals surface area contributed by atoms with Crippen molar-refractivity contribution in [2.45, 2.75) is 32.9 Å². The highest BCUT2D eigenvalue weighted by atomic mass is 16.5. The molecule has 0 aliphatic rings. The number of hydrogen-bond donors (Lipinski definition) is 1. The summed E-state index contributed by atoms with van der Waals surface area (Å²) >= 11 is 0. The quantitative estimate of drug-likeness (QED) is 0.711. The van der Waals surface area contributed by atoms with Crippen molar-refractivity contribution in [2.75, 3.05) is 13.2 Å². The summed E-state index contributed by atoms with van der Waals surface area (Å²) in [4.78, 5) is 0. The molecule has 1 rings (SSSR count). The van der Waals surface area contributed by atoms with Gasteiger partial charge in [0.05, 0.1) is 25.2 Å². The lowest BCUT2D eigenvalue weighted by Crippen LogP contribution is -2.24. The molecule has 3 nitrogen and oxygen atoms in total. The first-order valence-corrected chi connectivity index (χ1v) is 5.07. The predicted molar refractivity (Wildman–Crippen MR) is 56.2 cm³/mol. The van der Waals surface area contributed by atoms with Crippen LogP contribution in [-0.4, -0.2) is 19.3 Å². The van der Waals surface area contributed by atoms with Gasteiger partial charge in [-0.15, -0.1) is 0 Å². The topological polar surface area (TPSA) is 34.4 Å². The van der Waals surface area contributed by atoms with Gasteiger partial charge in [-0.3, -0.25) is 0 Å². The molecule has 0 saturated heterocycles. The minimum absolute atomic E-state index is 0.307. The molecule has 1 unspecified atom stereocenters. The van der Waals surface area contributed by atoms with Crippen LogP contribution in [0, 0.1) is 0 Å². The Hall–Kier alpha value is -0.800. The van der Waals surface area contributed by atoms with Crippen molar-refractivity contribution in [3.63, 3.8) is 0 Å². The van der Waals surface area contributed by atoms with E-state index in [1.165, 1.54) is 5.56 Å². The Balaban J connectivity index is 2.13. The maximum Gasteiger partial charge on any atom is 0.0950 e. The van der Waals surface area contributed by atoms with Crippen molar-refractivity contribution in [3.05, 3.63) is 24.2 Å². The zero-order valence-electron chi connectivity index (χ0n) is 9.12. The van der Waals surface area contributed by atoms with Gasteiger partial charge in [-0.2, -0.15) is 0 Å². The van der Waals surface area contributed by atoms with E-state index in [1.54, 1.807) is 12.5 Å². The molecule has 0 amide bonds. The van der Waals surface area contributed by atoms with E-state index in [0.717, 1.165) is 13.2 Å². The first-order chi connectivity index (χ1) is 6.70. The van der Waals surface area contributed by atoms with Crippen LogP contribution in [-0.2, 0) is 4.74 Å². The van der Waals surface area contributed by atoms with E-state index in [1.807, 2.05) is 19.9 Å². The van der Waals surface area contributed by atoms with Crippen LogP contribution in [0.25, 0.3) is 0 Å². The van der Waals surface area contributed by atoms with Gasteiger partial charge in [0.1, 0.15) is 0 Å². The molecule has 1 heterocycles. The van der Waals surface area contributed by atoms with Crippen LogP contribution in [0.5, 0.6) is 0 Å². The molecule has 80 valence electrons. The van der Waals surface area contributed by atoms with E-state index in [-0.39, 0.29) is 0 Å². The van der Waals surface area contributed by atoms with Crippen LogP contribution in [0.1, 0.15) is 32.4 Å². The van der Waals surface area contributed by atoms with Gasteiger partial charge >= 0.3 is 0 Å². The molecule has 0 saturated carbocycles. The van der Waals surface area contributed by atoms with E-state index >= 15 is 0 Å². The fourth-order valence-electron chi connectivity index (χ4n) is 1.21. The monoisotopic (exact) mass is 197 g/mol. The Morgan fingerprint density at radius 2 is 2.21 bits per heavy atom. The lowest BCUT2D eigenvalue weighted by Gasteiger charge is -2.13. The second kappa shape index (κ2) is 5.83. The summed E-state index contributed by atoms with van der Waals surface area (Å²) in [5.41, 5.74) is 1.18. The Labute approximate surface area is 85.4 Å². The van der Waals surface area contributed by atoms with Crippen LogP contribution in [0.15, 0.2) is 23.0 Å². The van der Waals surface area contributed by atoms with Crippen LogP contribution in [0.3, 0.4) is 0 Å². The molecule has 0 fully saturated rings. The van der Waals surface area contributed by atoms with E-state index in [9.17, 15) is 0 Å². The molecule has 3 heteroatoms. The van der Waals surface area contributed by atoms with E-state index in [0.29, 0.717) is 12.1 Å². The number of hydrogen-bond acceptors (Lipinski definition) is 3. The Bertz CT molecular complexity index is 231.